The van der Waals surface area contributed by atoms with E-state index in [1.807, 2.05) is 51.3 Å². The highest BCUT2D eigenvalue weighted by Crippen LogP contribution is 2.00. The number of aromatic amines is 1. The van der Waals surface area contributed by atoms with Gasteiger partial charge in [-0.05, 0) is 19.1 Å². The summed E-state index contributed by atoms with van der Waals surface area (Å²) >= 11 is 0. The second kappa shape index (κ2) is 12.2. The number of H-pyrrole nitrogens is 1. The summed E-state index contributed by atoms with van der Waals surface area (Å²) in [5.74, 6) is -0.449. The molecule has 0 aliphatic rings. The number of nitrogens with one attached hydrogen (secondary N) is 1. The Labute approximate surface area is 138 Å². The first-order chi connectivity index (χ1) is 10.8. The molecule has 0 aromatic carbocycles. The highest BCUT2D eigenvalue weighted by Gasteiger charge is 2.04. The van der Waals surface area contributed by atoms with Crippen molar-refractivity contribution in [3.05, 3.63) is 40.6 Å². The minimum atomic E-state index is -0.225. The predicted octanol–water partition coefficient (Wildman–Crippen LogP) is 3.00. The molecular formula is C17H29N3O3. The van der Waals surface area contributed by atoms with E-state index in [2.05, 4.69) is 4.98 Å². The van der Waals surface area contributed by atoms with E-state index in [9.17, 15) is 14.4 Å². The molecule has 6 nitrogen and oxygen atoms in total. The zero-order valence-corrected chi connectivity index (χ0v) is 15.4. The van der Waals surface area contributed by atoms with E-state index in [0.717, 1.165) is 10.6 Å². The second-order valence-corrected chi connectivity index (χ2v) is 4.12. The topological polar surface area (TPSA) is 74.7 Å². The number of nitrogens with zero attached hydrogens (tertiary/aromatic N) is 2. The van der Waals surface area contributed by atoms with Crippen LogP contribution in [0.1, 0.15) is 47.2 Å². The molecule has 130 valence electrons. The van der Waals surface area contributed by atoms with Crippen molar-refractivity contribution in [1.82, 2.24) is 14.3 Å². The molecule has 0 aliphatic carbocycles. The summed E-state index contributed by atoms with van der Waals surface area (Å²) in [6.45, 7) is 12.6. The molecule has 0 bridgehead atoms. The summed E-state index contributed by atoms with van der Waals surface area (Å²) < 4.78 is 1.86. The van der Waals surface area contributed by atoms with E-state index in [1.165, 1.54) is 20.9 Å². The van der Waals surface area contributed by atoms with Crippen LogP contribution in [-0.2, 0) is 9.59 Å². The van der Waals surface area contributed by atoms with Gasteiger partial charge in [-0.2, -0.15) is 0 Å². The molecule has 2 rings (SSSR count). The number of hydrogen-bond donors (Lipinski definition) is 1. The Morgan fingerprint density at radius 2 is 1.57 bits per heavy atom. The highest BCUT2D eigenvalue weighted by atomic mass is 16.2. The lowest BCUT2D eigenvalue weighted by molar-refractivity contribution is -0.140. The van der Waals surface area contributed by atoms with Gasteiger partial charge in [-0.3, -0.25) is 19.3 Å². The summed E-state index contributed by atoms with van der Waals surface area (Å²) in [7, 11) is 1.45. The van der Waals surface area contributed by atoms with E-state index in [0.29, 0.717) is 5.52 Å². The number of carbonyl (C=O) groups excluding carboxylic acids is 2. The van der Waals surface area contributed by atoms with Crippen molar-refractivity contribution >= 4 is 17.3 Å². The van der Waals surface area contributed by atoms with Gasteiger partial charge >= 0.3 is 0 Å². The number of aryl methyl sites for hydroxylation is 1. The Bertz CT molecular complexity index is 642. The van der Waals surface area contributed by atoms with Crippen molar-refractivity contribution in [2.75, 3.05) is 7.05 Å². The molecule has 2 aromatic heterocycles. The number of fused-ring (bicyclic) bond motifs is 1. The minimum Gasteiger partial charge on any atom is -0.326 e. The molecule has 0 atom stereocenters. The van der Waals surface area contributed by atoms with Crippen LogP contribution < -0.4 is 5.56 Å². The Hall–Kier alpha value is -2.37. The van der Waals surface area contributed by atoms with Crippen LogP contribution in [0, 0.1) is 6.92 Å². The molecule has 0 aliphatic heterocycles. The third kappa shape index (κ3) is 7.44. The van der Waals surface area contributed by atoms with E-state index in [1.54, 1.807) is 12.3 Å². The Morgan fingerprint density at radius 3 is 1.91 bits per heavy atom. The average Bonchev–Trinajstić information content (AvgIpc) is 3.05. The highest BCUT2D eigenvalue weighted by molar-refractivity contribution is 5.92. The zero-order valence-electron chi connectivity index (χ0n) is 15.4. The molecule has 2 amide bonds. The van der Waals surface area contributed by atoms with Crippen LogP contribution in [0.25, 0.3) is 5.52 Å². The molecule has 0 unspecified atom stereocenters. The van der Waals surface area contributed by atoms with Crippen molar-refractivity contribution in [2.45, 2.75) is 48.5 Å². The lowest BCUT2D eigenvalue weighted by Crippen LogP contribution is -2.28. The predicted molar refractivity (Wildman–Crippen MR) is 94.6 cm³/mol. The molecule has 23 heavy (non-hydrogen) atoms. The molecule has 2 heterocycles. The fraction of sp³-hybridized carbons (Fsp3) is 0.471. The van der Waals surface area contributed by atoms with Gasteiger partial charge in [0, 0.05) is 39.0 Å². The van der Waals surface area contributed by atoms with E-state index in [-0.39, 0.29) is 17.4 Å². The lowest BCUT2D eigenvalue weighted by atomic mass is 10.4. The van der Waals surface area contributed by atoms with Crippen LogP contribution in [0.3, 0.4) is 0 Å². The van der Waals surface area contributed by atoms with Crippen molar-refractivity contribution in [1.29, 1.82) is 0 Å². The molecule has 0 spiro atoms. The molecule has 2 aromatic rings. The number of rotatable bonds is 0. The smallest absolute Gasteiger partial charge is 0.272 e. The Kier molecular flexibility index (Phi) is 12.2. The summed E-state index contributed by atoms with van der Waals surface area (Å²) in [5.41, 5.74) is 1.69. The van der Waals surface area contributed by atoms with Gasteiger partial charge < -0.3 is 9.38 Å². The normalized spacial score (nSPS) is 8.52. The first kappa shape index (κ1) is 22.9. The fourth-order valence-corrected chi connectivity index (χ4v) is 1.41. The van der Waals surface area contributed by atoms with E-state index in [4.69, 9.17) is 0 Å². The lowest BCUT2D eigenvalue weighted by Gasteiger charge is -2.07. The first-order valence-corrected chi connectivity index (χ1v) is 7.74. The SMILES string of the molecule is CC.CC.CC(=O)N(C)C(C)=O.Cc1c[nH]c(=O)c2cccn12. The van der Waals surface area contributed by atoms with Crippen molar-refractivity contribution in [3.8, 4) is 0 Å². The van der Waals surface area contributed by atoms with Gasteiger partial charge in [0.1, 0.15) is 5.52 Å². The van der Waals surface area contributed by atoms with Gasteiger partial charge in [-0.25, -0.2) is 0 Å². The van der Waals surface area contributed by atoms with Crippen molar-refractivity contribution in [2.24, 2.45) is 0 Å². The van der Waals surface area contributed by atoms with Crippen LogP contribution >= 0.6 is 0 Å². The van der Waals surface area contributed by atoms with Crippen LogP contribution in [-0.4, -0.2) is 33.1 Å². The van der Waals surface area contributed by atoms with Gasteiger partial charge in [-0.15, -0.1) is 0 Å². The molecule has 0 saturated carbocycles. The number of hydrogen-bond acceptors (Lipinski definition) is 3. The van der Waals surface area contributed by atoms with Crippen molar-refractivity contribution in [3.63, 3.8) is 0 Å². The third-order valence-electron chi connectivity index (χ3n) is 2.72. The fourth-order valence-electron chi connectivity index (χ4n) is 1.41. The van der Waals surface area contributed by atoms with Gasteiger partial charge in [0.2, 0.25) is 11.8 Å². The maximum absolute atomic E-state index is 11.1. The van der Waals surface area contributed by atoms with Crippen LogP contribution in [0.2, 0.25) is 0 Å². The maximum Gasteiger partial charge on any atom is 0.272 e. The van der Waals surface area contributed by atoms with Crippen molar-refractivity contribution < 1.29 is 9.59 Å². The van der Waals surface area contributed by atoms with Crippen LogP contribution in [0.5, 0.6) is 0 Å². The van der Waals surface area contributed by atoms with Crippen LogP contribution in [0.15, 0.2) is 29.3 Å². The Balaban J connectivity index is 0. The van der Waals surface area contributed by atoms with Gasteiger partial charge in [0.25, 0.3) is 5.56 Å². The zero-order chi connectivity index (χ0) is 18.6. The number of carbonyl (C=O) groups is 2. The number of amides is 2. The monoisotopic (exact) mass is 323 g/mol. The molecule has 0 fully saturated rings. The van der Waals surface area contributed by atoms with Gasteiger partial charge in [0.15, 0.2) is 0 Å². The quantitative estimate of drug-likeness (QED) is 0.810. The minimum absolute atomic E-state index is 0.0411. The number of imide groups is 1. The number of aromatic nitrogens is 2. The summed E-state index contributed by atoms with van der Waals surface area (Å²) in [6, 6.07) is 3.66. The molecule has 1 N–H and O–H groups in total. The van der Waals surface area contributed by atoms with Gasteiger partial charge in [0.05, 0.1) is 0 Å². The van der Waals surface area contributed by atoms with E-state index < -0.39 is 0 Å². The second-order valence-electron chi connectivity index (χ2n) is 4.12. The maximum atomic E-state index is 11.1. The molecule has 0 saturated heterocycles. The first-order valence-electron chi connectivity index (χ1n) is 7.74. The summed E-state index contributed by atoms with van der Waals surface area (Å²) in [5, 5.41) is 0. The Morgan fingerprint density at radius 1 is 1.09 bits per heavy atom. The largest absolute Gasteiger partial charge is 0.326 e. The standard InChI is InChI=1S/C8H8N2O.C5H9NO2.2C2H6/c1-6-5-9-8(11)7-3-2-4-10(6)7;1-4(7)6(3)5(2)8;2*1-2/h2-5H,1H3,(H,9,11);1-3H3;2*1-2H3. The van der Waals surface area contributed by atoms with E-state index >= 15 is 0 Å². The molecular weight excluding hydrogens is 294 g/mol. The third-order valence-corrected chi connectivity index (χ3v) is 2.72. The van der Waals surface area contributed by atoms with Gasteiger partial charge in [-0.1, -0.05) is 27.7 Å². The molecule has 0 radical (unpaired) electrons. The summed E-state index contributed by atoms with van der Waals surface area (Å²) in [4.78, 5) is 35.4. The molecule has 6 heteroatoms. The van der Waals surface area contributed by atoms with Crippen LogP contribution in [0.4, 0.5) is 0 Å². The summed E-state index contributed by atoms with van der Waals surface area (Å²) in [6.07, 6.45) is 3.58. The average molecular weight is 323 g/mol.